The summed E-state index contributed by atoms with van der Waals surface area (Å²) in [6.45, 7) is 3.78. The van der Waals surface area contributed by atoms with Crippen LogP contribution in [0.3, 0.4) is 0 Å². The maximum Gasteiger partial charge on any atom is 0.314 e. The second-order valence-corrected chi connectivity index (χ2v) is 6.76. The molecule has 0 unspecified atom stereocenters. The van der Waals surface area contributed by atoms with E-state index in [-0.39, 0.29) is 23.2 Å². The van der Waals surface area contributed by atoms with Crippen LogP contribution in [0, 0.1) is 10.1 Å². The lowest BCUT2D eigenvalue weighted by Crippen LogP contribution is -2.44. The minimum Gasteiger partial charge on any atom is -0.354 e. The second-order valence-electron chi connectivity index (χ2n) is 6.76. The first-order chi connectivity index (χ1) is 12.8. The van der Waals surface area contributed by atoms with Gasteiger partial charge in [0.2, 0.25) is 5.91 Å². The van der Waals surface area contributed by atoms with Crippen LogP contribution in [0.4, 0.5) is 5.69 Å². The molecular weight excluding hydrogens is 354 g/mol. The van der Waals surface area contributed by atoms with Crippen molar-refractivity contribution in [3.63, 3.8) is 0 Å². The van der Waals surface area contributed by atoms with Crippen LogP contribution < -0.4 is 16.4 Å². The Morgan fingerprint density at radius 2 is 1.93 bits per heavy atom. The van der Waals surface area contributed by atoms with Crippen molar-refractivity contribution < 1.29 is 9.72 Å². The summed E-state index contributed by atoms with van der Waals surface area (Å²) in [5, 5.41) is 14.1. The Labute approximate surface area is 153 Å². The summed E-state index contributed by atoms with van der Waals surface area (Å²) in [5.41, 5.74) is -0.490. The molecule has 1 aromatic heterocycles. The molecule has 3 rings (SSSR count). The summed E-state index contributed by atoms with van der Waals surface area (Å²) in [7, 11) is 0. The van der Waals surface area contributed by atoms with Crippen molar-refractivity contribution in [1.82, 2.24) is 20.2 Å². The smallest absolute Gasteiger partial charge is 0.314 e. The van der Waals surface area contributed by atoms with Crippen molar-refractivity contribution in [3.05, 3.63) is 48.5 Å². The third-order valence-electron chi connectivity index (χ3n) is 4.80. The molecule has 10 nitrogen and oxygen atoms in total. The molecule has 0 saturated carbocycles. The number of H-pyrrole nitrogens is 2. The maximum absolute atomic E-state index is 11.7. The largest absolute Gasteiger partial charge is 0.354 e. The van der Waals surface area contributed by atoms with E-state index in [1.807, 2.05) is 0 Å². The molecule has 3 N–H and O–H groups in total. The highest BCUT2D eigenvalue weighted by Gasteiger charge is 2.20. The van der Waals surface area contributed by atoms with Crippen LogP contribution in [0.5, 0.6) is 0 Å². The van der Waals surface area contributed by atoms with Gasteiger partial charge in [-0.2, -0.15) is 0 Å². The highest BCUT2D eigenvalue weighted by molar-refractivity contribution is 5.80. The third-order valence-corrected chi connectivity index (χ3v) is 4.80. The van der Waals surface area contributed by atoms with Gasteiger partial charge in [0.15, 0.2) is 0 Å². The van der Waals surface area contributed by atoms with Gasteiger partial charge in [-0.25, -0.2) is 0 Å². The molecule has 2 heterocycles. The number of hydrogen-bond donors (Lipinski definition) is 3. The van der Waals surface area contributed by atoms with Crippen LogP contribution in [0.25, 0.3) is 11.0 Å². The molecule has 0 radical (unpaired) electrons. The fourth-order valence-electron chi connectivity index (χ4n) is 3.45. The molecule has 1 amide bonds. The fraction of sp³-hybridized carbons (Fsp3) is 0.471. The minimum absolute atomic E-state index is 0.0329. The van der Waals surface area contributed by atoms with E-state index in [4.69, 9.17) is 0 Å². The predicted molar refractivity (Wildman–Crippen MR) is 98.8 cm³/mol. The summed E-state index contributed by atoms with van der Waals surface area (Å²) in [4.78, 5) is 52.1. The van der Waals surface area contributed by atoms with E-state index in [9.17, 15) is 24.5 Å². The van der Waals surface area contributed by atoms with E-state index in [0.29, 0.717) is 24.0 Å². The van der Waals surface area contributed by atoms with Crippen molar-refractivity contribution in [2.24, 2.45) is 0 Å². The van der Waals surface area contributed by atoms with Crippen LogP contribution in [0.2, 0.25) is 0 Å². The number of carbonyl (C=O) groups excluding carboxylic acids is 1. The number of piperidine rings is 1. The van der Waals surface area contributed by atoms with Crippen molar-refractivity contribution >= 4 is 22.6 Å². The highest BCUT2D eigenvalue weighted by Crippen LogP contribution is 2.22. The summed E-state index contributed by atoms with van der Waals surface area (Å²) < 4.78 is 0. The van der Waals surface area contributed by atoms with Gasteiger partial charge in [0.1, 0.15) is 0 Å². The zero-order chi connectivity index (χ0) is 19.6. The summed E-state index contributed by atoms with van der Waals surface area (Å²) in [5.74, 6) is -0.0329. The Bertz CT molecular complexity index is 987. The van der Waals surface area contributed by atoms with Gasteiger partial charge < -0.3 is 20.2 Å². The van der Waals surface area contributed by atoms with Crippen LogP contribution >= 0.6 is 0 Å². The summed E-state index contributed by atoms with van der Waals surface area (Å²) >= 11 is 0. The van der Waals surface area contributed by atoms with E-state index < -0.39 is 16.0 Å². The number of carbonyl (C=O) groups is 1. The van der Waals surface area contributed by atoms with Gasteiger partial charge in [-0.3, -0.25) is 24.5 Å². The van der Waals surface area contributed by atoms with Crippen molar-refractivity contribution in [2.45, 2.75) is 32.2 Å². The van der Waals surface area contributed by atoms with Crippen LogP contribution in [-0.2, 0) is 11.2 Å². The number of nitrogens with one attached hydrogen (secondary N) is 3. The molecule has 27 heavy (non-hydrogen) atoms. The second kappa shape index (κ2) is 7.70. The molecule has 10 heteroatoms. The van der Waals surface area contributed by atoms with Gasteiger partial charge >= 0.3 is 11.1 Å². The first-order valence-electron chi connectivity index (χ1n) is 8.76. The topological polar surface area (TPSA) is 141 Å². The van der Waals surface area contributed by atoms with Gasteiger partial charge in [0.05, 0.1) is 16.0 Å². The lowest BCUT2D eigenvalue weighted by Gasteiger charge is -2.32. The molecule has 0 bridgehead atoms. The summed E-state index contributed by atoms with van der Waals surface area (Å²) in [6, 6.07) is 2.86. The van der Waals surface area contributed by atoms with Gasteiger partial charge in [-0.15, -0.1) is 0 Å². The fourth-order valence-corrected chi connectivity index (χ4v) is 3.45. The predicted octanol–water partition coefficient (Wildman–Crippen LogP) is 0.268. The molecule has 1 aliphatic rings. The number of nitro benzene ring substituents is 1. The summed E-state index contributed by atoms with van der Waals surface area (Å²) in [6.07, 6.45) is 2.18. The molecule has 1 aromatic carbocycles. The number of fused-ring (bicyclic) bond motifs is 1. The number of nitrogens with zero attached hydrogens (tertiary/aromatic N) is 2. The lowest BCUT2D eigenvalue weighted by atomic mass is 10.0. The average Bonchev–Trinajstić information content (AvgIpc) is 2.61. The van der Waals surface area contributed by atoms with E-state index in [2.05, 4.69) is 20.2 Å². The monoisotopic (exact) mass is 375 g/mol. The van der Waals surface area contributed by atoms with Crippen LogP contribution in [0.15, 0.2) is 21.7 Å². The third kappa shape index (κ3) is 4.40. The van der Waals surface area contributed by atoms with Crippen LogP contribution in [-0.4, -0.2) is 51.4 Å². The molecule has 0 aliphatic carbocycles. The van der Waals surface area contributed by atoms with Gasteiger partial charge in [0, 0.05) is 44.7 Å². The number of likely N-dealkylation sites (tertiary alicyclic amines) is 1. The normalized spacial score (nSPS) is 15.7. The van der Waals surface area contributed by atoms with E-state index in [1.54, 1.807) is 0 Å². The van der Waals surface area contributed by atoms with E-state index in [1.165, 1.54) is 19.1 Å². The van der Waals surface area contributed by atoms with E-state index in [0.717, 1.165) is 25.9 Å². The Kier molecular flexibility index (Phi) is 5.36. The SMILES string of the molecule is CC(=O)NC1CCN(CCc2cc([N+](=O)[O-])cc3[nH]c(=O)c(=O)[nH]c23)CC1. The van der Waals surface area contributed by atoms with Crippen molar-refractivity contribution in [1.29, 1.82) is 0 Å². The molecule has 1 saturated heterocycles. The number of hydrogen-bond acceptors (Lipinski definition) is 6. The van der Waals surface area contributed by atoms with E-state index >= 15 is 0 Å². The number of rotatable bonds is 5. The van der Waals surface area contributed by atoms with Crippen LogP contribution in [0.1, 0.15) is 25.3 Å². The first kappa shape index (κ1) is 18.8. The average molecular weight is 375 g/mol. The zero-order valence-corrected chi connectivity index (χ0v) is 14.9. The number of non-ortho nitro benzene ring substituents is 1. The Morgan fingerprint density at radius 1 is 1.26 bits per heavy atom. The van der Waals surface area contributed by atoms with Crippen molar-refractivity contribution in [2.75, 3.05) is 19.6 Å². The number of aromatic amines is 2. The molecule has 0 atom stereocenters. The number of nitro groups is 1. The molecule has 144 valence electrons. The molecule has 0 spiro atoms. The van der Waals surface area contributed by atoms with Gasteiger partial charge in [-0.05, 0) is 24.8 Å². The maximum atomic E-state index is 11.7. The minimum atomic E-state index is -0.839. The molecular formula is C17H21N5O5. The number of aromatic nitrogens is 2. The Hall–Kier alpha value is -3.01. The molecule has 1 fully saturated rings. The lowest BCUT2D eigenvalue weighted by molar-refractivity contribution is -0.384. The number of amides is 1. The van der Waals surface area contributed by atoms with Crippen molar-refractivity contribution in [3.8, 4) is 0 Å². The van der Waals surface area contributed by atoms with Gasteiger partial charge in [0.25, 0.3) is 5.69 Å². The zero-order valence-electron chi connectivity index (χ0n) is 14.9. The number of benzene rings is 1. The standard InChI is InChI=1S/C17H21N5O5/c1-10(23)18-12-3-6-21(7-4-12)5-2-11-8-13(22(26)27)9-14-15(11)20-17(25)16(24)19-14/h8-9,12H,2-7H2,1H3,(H,18,23)(H,19,24)(H,20,25). The highest BCUT2D eigenvalue weighted by atomic mass is 16.6. The molecule has 1 aliphatic heterocycles. The molecule has 2 aromatic rings. The first-order valence-corrected chi connectivity index (χ1v) is 8.76. The quantitative estimate of drug-likeness (QED) is 0.389. The van der Waals surface area contributed by atoms with Gasteiger partial charge in [-0.1, -0.05) is 0 Å². The Morgan fingerprint density at radius 3 is 2.56 bits per heavy atom. The Balaban J connectivity index is 1.77.